The van der Waals surface area contributed by atoms with Crippen LogP contribution in [0.1, 0.15) is 6.92 Å². The maximum atomic E-state index is 12.3. The van der Waals surface area contributed by atoms with Gasteiger partial charge in [0.2, 0.25) is 15.4 Å². The highest BCUT2D eigenvalue weighted by molar-refractivity contribution is 7.91. The fraction of sp³-hybridized carbons (Fsp3) is 0.667. The smallest absolute Gasteiger partial charge is 0.272 e. The second kappa shape index (κ2) is 7.59. The van der Waals surface area contributed by atoms with Crippen LogP contribution in [0.4, 0.5) is 5.13 Å². The van der Waals surface area contributed by atoms with Gasteiger partial charge in [0.15, 0.2) is 0 Å². The highest BCUT2D eigenvalue weighted by Crippen LogP contribution is 2.23. The first kappa shape index (κ1) is 16.9. The van der Waals surface area contributed by atoms with Gasteiger partial charge in [-0.3, -0.25) is 4.79 Å². The first-order valence-electron chi connectivity index (χ1n) is 5.63. The minimum absolute atomic E-state index is 0.0687. The molecule has 0 radical (unpaired) electrons. The van der Waals surface area contributed by atoms with Crippen LogP contribution < -0.4 is 5.32 Å². The Kier molecular flexibility index (Phi) is 6.42. The number of carbonyl (C=O) groups is 1. The van der Waals surface area contributed by atoms with Crippen molar-refractivity contribution in [2.45, 2.75) is 11.3 Å². The molecule has 1 rings (SSSR count). The van der Waals surface area contributed by atoms with Crippen LogP contribution in [0.15, 0.2) is 4.34 Å². The molecule has 0 atom stereocenters. The topological polar surface area (TPSA) is 122 Å². The Morgan fingerprint density at radius 3 is 2.70 bits per heavy atom. The van der Waals surface area contributed by atoms with Gasteiger partial charge in [-0.25, -0.2) is 8.42 Å². The summed E-state index contributed by atoms with van der Waals surface area (Å²) in [5.74, 6) is -0.364. The van der Waals surface area contributed by atoms with Crippen LogP contribution in [0.3, 0.4) is 0 Å². The van der Waals surface area contributed by atoms with E-state index in [2.05, 4.69) is 15.5 Å². The summed E-state index contributed by atoms with van der Waals surface area (Å²) in [6.07, 6.45) is 0. The van der Waals surface area contributed by atoms with Crippen molar-refractivity contribution in [2.75, 3.05) is 38.7 Å². The minimum Gasteiger partial charge on any atom is -0.395 e. The summed E-state index contributed by atoms with van der Waals surface area (Å²) in [5, 5.41) is 18.5. The Morgan fingerprint density at radius 1 is 1.45 bits per heavy atom. The van der Waals surface area contributed by atoms with Crippen LogP contribution in [0.25, 0.3) is 0 Å². The quantitative estimate of drug-likeness (QED) is 0.596. The van der Waals surface area contributed by atoms with E-state index >= 15 is 0 Å². The van der Waals surface area contributed by atoms with Gasteiger partial charge in [-0.1, -0.05) is 11.3 Å². The largest absolute Gasteiger partial charge is 0.395 e. The van der Waals surface area contributed by atoms with Crippen molar-refractivity contribution in [1.29, 1.82) is 0 Å². The van der Waals surface area contributed by atoms with Crippen molar-refractivity contribution < 1.29 is 23.1 Å². The third kappa shape index (κ3) is 4.45. The molecule has 1 amide bonds. The Labute approximate surface area is 120 Å². The number of nitrogens with one attached hydrogen (secondary N) is 1. The minimum atomic E-state index is -3.86. The molecule has 2 N–H and O–H groups in total. The van der Waals surface area contributed by atoms with Crippen LogP contribution in [-0.4, -0.2) is 67.3 Å². The predicted octanol–water partition coefficient (Wildman–Crippen LogP) is -0.874. The van der Waals surface area contributed by atoms with Crippen molar-refractivity contribution in [1.82, 2.24) is 14.5 Å². The van der Waals surface area contributed by atoms with Gasteiger partial charge in [-0.15, -0.1) is 10.2 Å². The molecule has 0 aliphatic carbocycles. The number of hydrogen-bond donors (Lipinski definition) is 2. The third-order valence-corrected chi connectivity index (χ3v) is 5.23. The van der Waals surface area contributed by atoms with Crippen LogP contribution in [0.5, 0.6) is 0 Å². The fourth-order valence-corrected chi connectivity index (χ4v) is 3.78. The molecule has 20 heavy (non-hydrogen) atoms. The molecule has 11 heteroatoms. The molecule has 0 aliphatic heterocycles. The normalized spacial score (nSPS) is 11.8. The van der Waals surface area contributed by atoms with Crippen LogP contribution >= 0.6 is 11.3 Å². The lowest BCUT2D eigenvalue weighted by Gasteiger charge is -2.18. The SMILES string of the molecule is COCCN(CCO)S(=O)(=O)c1nnc(NC(C)=O)s1. The number of hydrogen-bond acceptors (Lipinski definition) is 8. The molecular weight excluding hydrogens is 308 g/mol. The zero-order chi connectivity index (χ0) is 15.2. The van der Waals surface area contributed by atoms with Gasteiger partial charge in [-0.2, -0.15) is 4.31 Å². The molecule has 0 spiro atoms. The first-order chi connectivity index (χ1) is 9.41. The average molecular weight is 324 g/mol. The summed E-state index contributed by atoms with van der Waals surface area (Å²) in [7, 11) is -2.42. The lowest BCUT2D eigenvalue weighted by Crippen LogP contribution is -2.36. The fourth-order valence-electron chi connectivity index (χ4n) is 1.28. The van der Waals surface area contributed by atoms with E-state index in [1.54, 1.807) is 0 Å². The number of nitrogens with zero attached hydrogens (tertiary/aromatic N) is 3. The number of carbonyl (C=O) groups excluding carboxylic acids is 1. The van der Waals surface area contributed by atoms with E-state index in [1.807, 2.05) is 0 Å². The molecule has 0 bridgehead atoms. The number of aromatic nitrogens is 2. The van der Waals surface area contributed by atoms with Crippen LogP contribution in [-0.2, 0) is 19.6 Å². The lowest BCUT2D eigenvalue weighted by atomic mass is 10.6. The molecule has 0 aliphatic rings. The summed E-state index contributed by atoms with van der Waals surface area (Å²) in [6, 6.07) is 0. The molecular formula is C9H16N4O5S2. The Morgan fingerprint density at radius 2 is 2.15 bits per heavy atom. The average Bonchev–Trinajstić information content (AvgIpc) is 2.82. The number of amides is 1. The maximum Gasteiger partial charge on any atom is 0.272 e. The van der Waals surface area contributed by atoms with E-state index in [1.165, 1.54) is 14.0 Å². The van der Waals surface area contributed by atoms with Gasteiger partial charge in [0.05, 0.1) is 13.2 Å². The van der Waals surface area contributed by atoms with Crippen LogP contribution in [0.2, 0.25) is 0 Å². The number of aliphatic hydroxyl groups is 1. The van der Waals surface area contributed by atoms with Crippen molar-refractivity contribution in [3.8, 4) is 0 Å². The number of rotatable bonds is 8. The monoisotopic (exact) mass is 324 g/mol. The van der Waals surface area contributed by atoms with E-state index in [4.69, 9.17) is 9.84 Å². The summed E-state index contributed by atoms with van der Waals surface area (Å²) in [4.78, 5) is 10.9. The zero-order valence-electron chi connectivity index (χ0n) is 11.1. The number of methoxy groups -OCH3 is 1. The summed E-state index contributed by atoms with van der Waals surface area (Å²) < 4.78 is 30.2. The van der Waals surface area contributed by atoms with Gasteiger partial charge >= 0.3 is 0 Å². The summed E-state index contributed by atoms with van der Waals surface area (Å²) in [5.41, 5.74) is 0. The number of anilines is 1. The lowest BCUT2D eigenvalue weighted by molar-refractivity contribution is -0.114. The summed E-state index contributed by atoms with van der Waals surface area (Å²) >= 11 is 0.750. The molecule has 1 heterocycles. The van der Waals surface area contributed by atoms with Gasteiger partial charge in [0.1, 0.15) is 0 Å². The molecule has 0 saturated carbocycles. The maximum absolute atomic E-state index is 12.3. The number of sulfonamides is 1. The van der Waals surface area contributed by atoms with Gasteiger partial charge in [0.25, 0.3) is 10.0 Å². The standard InChI is InChI=1S/C9H16N4O5S2/c1-7(15)10-8-11-12-9(19-8)20(16,17)13(3-5-14)4-6-18-2/h14H,3-6H2,1-2H3,(H,10,11,15). The van der Waals surface area contributed by atoms with E-state index in [9.17, 15) is 13.2 Å². The van der Waals surface area contributed by atoms with Gasteiger partial charge in [0, 0.05) is 27.1 Å². The second-order valence-electron chi connectivity index (χ2n) is 3.67. The van der Waals surface area contributed by atoms with Crippen molar-refractivity contribution in [3.63, 3.8) is 0 Å². The zero-order valence-corrected chi connectivity index (χ0v) is 12.7. The molecule has 0 aromatic carbocycles. The van der Waals surface area contributed by atoms with Gasteiger partial charge in [-0.05, 0) is 0 Å². The van der Waals surface area contributed by atoms with Crippen molar-refractivity contribution in [2.24, 2.45) is 0 Å². The molecule has 1 aromatic heterocycles. The molecule has 0 unspecified atom stereocenters. The van der Waals surface area contributed by atoms with E-state index in [-0.39, 0.29) is 41.7 Å². The van der Waals surface area contributed by atoms with Crippen molar-refractivity contribution in [3.05, 3.63) is 0 Å². The van der Waals surface area contributed by atoms with Crippen molar-refractivity contribution >= 4 is 32.4 Å². The molecule has 0 saturated heterocycles. The highest BCUT2D eigenvalue weighted by atomic mass is 32.2. The molecule has 1 aromatic rings. The van der Waals surface area contributed by atoms with Gasteiger partial charge < -0.3 is 15.2 Å². The summed E-state index contributed by atoms with van der Waals surface area (Å²) in [6.45, 7) is 1.18. The number of aliphatic hydroxyl groups excluding tert-OH is 1. The third-order valence-electron chi connectivity index (χ3n) is 2.14. The molecule has 114 valence electrons. The Hall–Kier alpha value is -1.14. The van der Waals surface area contributed by atoms with Crippen LogP contribution in [0, 0.1) is 0 Å². The van der Waals surface area contributed by atoms with E-state index in [0.29, 0.717) is 0 Å². The van der Waals surface area contributed by atoms with E-state index < -0.39 is 10.0 Å². The van der Waals surface area contributed by atoms with E-state index in [0.717, 1.165) is 15.6 Å². The first-order valence-corrected chi connectivity index (χ1v) is 7.88. The Bertz CT molecular complexity index is 544. The highest BCUT2D eigenvalue weighted by Gasteiger charge is 2.28. The predicted molar refractivity (Wildman–Crippen MR) is 71.9 cm³/mol. The molecule has 9 nitrogen and oxygen atoms in total. The second-order valence-corrected chi connectivity index (χ2v) is 6.76. The molecule has 0 fully saturated rings. The Balaban J connectivity index is 2.94. The number of ether oxygens (including phenoxy) is 1.